The van der Waals surface area contributed by atoms with Crippen molar-refractivity contribution in [2.75, 3.05) is 7.11 Å². The highest BCUT2D eigenvalue weighted by molar-refractivity contribution is 7.89. The molecule has 3 rings (SSSR count). The fraction of sp³-hybridized carbons (Fsp3) is 0.409. The first-order valence-electron chi connectivity index (χ1n) is 9.75. The topological polar surface area (TPSA) is 63.7 Å². The second-order valence-corrected chi connectivity index (χ2v) is 9.26. The summed E-state index contributed by atoms with van der Waals surface area (Å²) in [5.74, 6) is -0.652. The third-order valence-corrected chi connectivity index (χ3v) is 7.41. The van der Waals surface area contributed by atoms with Crippen LogP contribution in [-0.2, 0) is 19.6 Å². The van der Waals surface area contributed by atoms with Crippen LogP contribution in [0.3, 0.4) is 0 Å². The first kappa shape index (κ1) is 21.5. The Kier molecular flexibility index (Phi) is 6.70. The zero-order valence-electron chi connectivity index (χ0n) is 16.7. The average Bonchev–Trinajstić information content (AvgIpc) is 3.13. The second kappa shape index (κ2) is 9.05. The predicted octanol–water partition coefficient (Wildman–Crippen LogP) is 4.37. The van der Waals surface area contributed by atoms with E-state index >= 15 is 0 Å². The van der Waals surface area contributed by atoms with Crippen molar-refractivity contribution in [2.45, 2.75) is 56.0 Å². The van der Waals surface area contributed by atoms with Crippen molar-refractivity contribution in [3.63, 3.8) is 0 Å². The number of ether oxygens (including phenoxy) is 1. The highest BCUT2D eigenvalue weighted by Crippen LogP contribution is 2.42. The van der Waals surface area contributed by atoms with Gasteiger partial charge in [-0.05, 0) is 62.4 Å². The second-order valence-electron chi connectivity index (χ2n) is 7.41. The van der Waals surface area contributed by atoms with Gasteiger partial charge in [0.1, 0.15) is 5.82 Å². The predicted molar refractivity (Wildman–Crippen MR) is 108 cm³/mol. The standard InChI is InChI=1S/C22H26FNO4S/c1-16-6-13-20(14-7-16)29(26,27)24-19(4-3-5-22(25)28-2)12-15-21(24)17-8-10-18(23)11-9-17/h6-11,13-14,19,21H,3-5,12,15H2,1-2H3/t19-,21-/m0/s1. The van der Waals surface area contributed by atoms with E-state index in [4.69, 9.17) is 0 Å². The van der Waals surface area contributed by atoms with Crippen molar-refractivity contribution in [3.05, 3.63) is 65.5 Å². The third-order valence-electron chi connectivity index (χ3n) is 5.44. The van der Waals surface area contributed by atoms with Gasteiger partial charge >= 0.3 is 5.97 Å². The van der Waals surface area contributed by atoms with E-state index < -0.39 is 10.0 Å². The van der Waals surface area contributed by atoms with Gasteiger partial charge in [-0.2, -0.15) is 4.31 Å². The Morgan fingerprint density at radius 1 is 1.10 bits per heavy atom. The number of sulfonamides is 1. The lowest BCUT2D eigenvalue weighted by Gasteiger charge is -2.30. The zero-order chi connectivity index (χ0) is 21.0. The van der Waals surface area contributed by atoms with Crippen molar-refractivity contribution in [1.29, 1.82) is 0 Å². The Labute approximate surface area is 171 Å². The van der Waals surface area contributed by atoms with Crippen molar-refractivity contribution >= 4 is 16.0 Å². The normalized spacial score (nSPS) is 20.0. The molecule has 156 valence electrons. The van der Waals surface area contributed by atoms with Crippen LogP contribution in [0.5, 0.6) is 0 Å². The number of esters is 1. The zero-order valence-corrected chi connectivity index (χ0v) is 17.5. The number of carbonyl (C=O) groups is 1. The van der Waals surface area contributed by atoms with Gasteiger partial charge in [0.15, 0.2) is 0 Å². The van der Waals surface area contributed by atoms with Crippen LogP contribution in [-0.4, -0.2) is 31.8 Å². The number of methoxy groups -OCH3 is 1. The molecule has 0 saturated carbocycles. The maximum Gasteiger partial charge on any atom is 0.305 e. The molecule has 1 aliphatic heterocycles. The van der Waals surface area contributed by atoms with Gasteiger partial charge in [-0.25, -0.2) is 12.8 Å². The van der Waals surface area contributed by atoms with Crippen LogP contribution in [0, 0.1) is 12.7 Å². The molecule has 7 heteroatoms. The van der Waals surface area contributed by atoms with Crippen molar-refractivity contribution in [1.82, 2.24) is 4.31 Å². The molecule has 2 aromatic carbocycles. The molecule has 0 aromatic heterocycles. The van der Waals surface area contributed by atoms with Gasteiger partial charge in [-0.1, -0.05) is 29.8 Å². The number of hydrogen-bond donors (Lipinski definition) is 0. The fourth-order valence-corrected chi connectivity index (χ4v) is 5.80. The molecule has 0 spiro atoms. The van der Waals surface area contributed by atoms with Crippen LogP contribution in [0.25, 0.3) is 0 Å². The molecule has 0 N–H and O–H groups in total. The van der Waals surface area contributed by atoms with E-state index in [1.807, 2.05) is 6.92 Å². The largest absolute Gasteiger partial charge is 0.469 e. The SMILES string of the molecule is COC(=O)CCC[C@H]1CC[C@@H](c2ccc(F)cc2)N1S(=O)(=O)c1ccc(C)cc1. The van der Waals surface area contributed by atoms with Crippen LogP contribution < -0.4 is 0 Å². The molecule has 0 amide bonds. The first-order chi connectivity index (χ1) is 13.8. The minimum Gasteiger partial charge on any atom is -0.469 e. The molecular weight excluding hydrogens is 393 g/mol. The van der Waals surface area contributed by atoms with Gasteiger partial charge in [0.25, 0.3) is 0 Å². The number of hydrogen-bond acceptors (Lipinski definition) is 4. The molecule has 1 saturated heterocycles. The molecule has 2 aromatic rings. The molecule has 0 radical (unpaired) electrons. The molecule has 0 bridgehead atoms. The fourth-order valence-electron chi connectivity index (χ4n) is 3.91. The summed E-state index contributed by atoms with van der Waals surface area (Å²) < 4.78 is 46.7. The number of rotatable bonds is 7. The molecule has 1 heterocycles. The highest BCUT2D eigenvalue weighted by atomic mass is 32.2. The Balaban J connectivity index is 1.91. The van der Waals surface area contributed by atoms with E-state index in [9.17, 15) is 17.6 Å². The Hall–Kier alpha value is -2.25. The van der Waals surface area contributed by atoms with E-state index in [0.29, 0.717) is 25.7 Å². The van der Waals surface area contributed by atoms with Gasteiger partial charge in [0, 0.05) is 12.5 Å². The quantitative estimate of drug-likeness (QED) is 0.625. The average molecular weight is 420 g/mol. The summed E-state index contributed by atoms with van der Waals surface area (Å²) in [6.45, 7) is 1.91. The van der Waals surface area contributed by atoms with Crippen molar-refractivity contribution < 1.29 is 22.3 Å². The Morgan fingerprint density at radius 2 is 1.76 bits per heavy atom. The molecule has 1 fully saturated rings. The van der Waals surface area contributed by atoms with Crippen molar-refractivity contribution in [3.8, 4) is 0 Å². The van der Waals surface area contributed by atoms with E-state index in [1.165, 1.54) is 19.2 Å². The minimum absolute atomic E-state index is 0.221. The lowest BCUT2D eigenvalue weighted by molar-refractivity contribution is -0.140. The summed E-state index contributed by atoms with van der Waals surface area (Å²) in [6, 6.07) is 12.2. The Bertz CT molecular complexity index is 942. The molecule has 29 heavy (non-hydrogen) atoms. The third kappa shape index (κ3) is 4.85. The number of halogens is 1. The first-order valence-corrected chi connectivity index (χ1v) is 11.2. The molecule has 0 aliphatic carbocycles. The van der Waals surface area contributed by atoms with Crippen LogP contribution in [0.15, 0.2) is 53.4 Å². The molecule has 2 atom stereocenters. The lowest BCUT2D eigenvalue weighted by Crippen LogP contribution is -2.37. The number of carbonyl (C=O) groups excluding carboxylic acids is 1. The van der Waals surface area contributed by atoms with Gasteiger partial charge in [0.05, 0.1) is 18.0 Å². The summed E-state index contributed by atoms with van der Waals surface area (Å²) in [5, 5.41) is 0. The molecule has 5 nitrogen and oxygen atoms in total. The summed E-state index contributed by atoms with van der Waals surface area (Å²) in [5.41, 5.74) is 1.76. The number of nitrogens with zero attached hydrogens (tertiary/aromatic N) is 1. The smallest absolute Gasteiger partial charge is 0.305 e. The van der Waals surface area contributed by atoms with Crippen LogP contribution >= 0.6 is 0 Å². The summed E-state index contributed by atoms with van der Waals surface area (Å²) >= 11 is 0. The van der Waals surface area contributed by atoms with E-state index in [0.717, 1.165) is 11.1 Å². The van der Waals surface area contributed by atoms with Crippen molar-refractivity contribution in [2.24, 2.45) is 0 Å². The summed E-state index contributed by atoms with van der Waals surface area (Å²) in [4.78, 5) is 11.7. The van der Waals surface area contributed by atoms with Gasteiger partial charge in [0.2, 0.25) is 10.0 Å². The van der Waals surface area contributed by atoms with Crippen LogP contribution in [0.2, 0.25) is 0 Å². The number of aryl methyl sites for hydroxylation is 1. The molecule has 1 aliphatic rings. The lowest BCUT2D eigenvalue weighted by atomic mass is 10.0. The Morgan fingerprint density at radius 3 is 2.38 bits per heavy atom. The molecule has 0 unspecified atom stereocenters. The van der Waals surface area contributed by atoms with E-state index in [1.54, 1.807) is 40.7 Å². The van der Waals surface area contributed by atoms with Gasteiger partial charge in [-0.3, -0.25) is 4.79 Å². The maximum absolute atomic E-state index is 13.5. The maximum atomic E-state index is 13.5. The van der Waals surface area contributed by atoms with Gasteiger partial charge < -0.3 is 4.74 Å². The monoisotopic (exact) mass is 419 g/mol. The summed E-state index contributed by atoms with van der Waals surface area (Å²) in [7, 11) is -2.40. The highest BCUT2D eigenvalue weighted by Gasteiger charge is 2.42. The van der Waals surface area contributed by atoms with Crippen LogP contribution in [0.1, 0.15) is 49.3 Å². The van der Waals surface area contributed by atoms with Crippen LogP contribution in [0.4, 0.5) is 4.39 Å². The van der Waals surface area contributed by atoms with E-state index in [-0.39, 0.29) is 35.2 Å². The minimum atomic E-state index is -3.74. The number of benzene rings is 2. The van der Waals surface area contributed by atoms with Gasteiger partial charge in [-0.15, -0.1) is 0 Å². The van der Waals surface area contributed by atoms with E-state index in [2.05, 4.69) is 4.74 Å². The summed E-state index contributed by atoms with van der Waals surface area (Å²) in [6.07, 6.45) is 2.71. The molecular formula is C22H26FNO4S.